The Morgan fingerprint density at radius 2 is 2.22 bits per heavy atom. The fraction of sp³-hybridized carbons (Fsp3) is 0.500. The maximum absolute atomic E-state index is 11.8. The predicted molar refractivity (Wildman–Crippen MR) is 76.4 cm³/mol. The van der Waals surface area contributed by atoms with Crippen LogP contribution in [0.2, 0.25) is 0 Å². The van der Waals surface area contributed by atoms with Crippen molar-refractivity contribution in [2.75, 3.05) is 18.1 Å². The molecule has 2 rings (SSSR count). The molecule has 0 radical (unpaired) electrons. The number of nitrogens with one attached hydrogen (secondary N) is 1. The van der Waals surface area contributed by atoms with Gasteiger partial charge in [0.15, 0.2) is 0 Å². The van der Waals surface area contributed by atoms with E-state index in [1.54, 1.807) is 0 Å². The topological polar surface area (TPSA) is 55.1 Å². The van der Waals surface area contributed by atoms with Crippen molar-refractivity contribution in [3.63, 3.8) is 0 Å². The van der Waals surface area contributed by atoms with Crippen molar-refractivity contribution in [1.29, 1.82) is 0 Å². The van der Waals surface area contributed by atoms with Gasteiger partial charge in [0.25, 0.3) is 0 Å². The first kappa shape index (κ1) is 13.4. The van der Waals surface area contributed by atoms with Crippen LogP contribution in [0.1, 0.15) is 24.4 Å². The number of amides is 1. The highest BCUT2D eigenvalue weighted by atomic mass is 32.2. The third kappa shape index (κ3) is 4.03. The van der Waals surface area contributed by atoms with Crippen molar-refractivity contribution in [3.05, 3.63) is 35.9 Å². The van der Waals surface area contributed by atoms with Gasteiger partial charge in [-0.25, -0.2) is 0 Å². The highest BCUT2D eigenvalue weighted by molar-refractivity contribution is 7.99. The van der Waals surface area contributed by atoms with E-state index in [4.69, 9.17) is 5.73 Å². The third-order valence-corrected chi connectivity index (χ3v) is 4.48. The summed E-state index contributed by atoms with van der Waals surface area (Å²) in [5.74, 6) is 3.10. The van der Waals surface area contributed by atoms with Crippen LogP contribution in [0.25, 0.3) is 0 Å². The van der Waals surface area contributed by atoms with Crippen LogP contribution < -0.4 is 11.1 Å². The lowest BCUT2D eigenvalue weighted by Gasteiger charge is -2.14. The molecule has 1 amide bonds. The molecule has 3 nitrogen and oxygen atoms in total. The van der Waals surface area contributed by atoms with Crippen molar-refractivity contribution in [2.24, 2.45) is 11.7 Å². The minimum atomic E-state index is -0.204. The number of carbonyl (C=O) groups excluding carboxylic acids is 1. The van der Waals surface area contributed by atoms with Crippen molar-refractivity contribution in [2.45, 2.75) is 18.9 Å². The zero-order valence-corrected chi connectivity index (χ0v) is 11.3. The van der Waals surface area contributed by atoms with Crippen LogP contribution in [0.3, 0.4) is 0 Å². The highest BCUT2D eigenvalue weighted by Crippen LogP contribution is 2.22. The second-order valence-electron chi connectivity index (χ2n) is 4.75. The molecule has 1 aliphatic heterocycles. The average molecular weight is 264 g/mol. The fourth-order valence-corrected chi connectivity index (χ4v) is 3.38. The van der Waals surface area contributed by atoms with Crippen molar-refractivity contribution < 1.29 is 4.79 Å². The van der Waals surface area contributed by atoms with Gasteiger partial charge < -0.3 is 11.1 Å². The first-order valence-electron chi connectivity index (χ1n) is 6.40. The van der Waals surface area contributed by atoms with E-state index >= 15 is 0 Å². The Balaban J connectivity index is 1.73. The summed E-state index contributed by atoms with van der Waals surface area (Å²) >= 11 is 1.97. The van der Waals surface area contributed by atoms with Crippen LogP contribution in [0.15, 0.2) is 30.3 Å². The molecule has 1 saturated heterocycles. The van der Waals surface area contributed by atoms with Gasteiger partial charge in [0.05, 0.1) is 0 Å². The Labute approximate surface area is 113 Å². The maximum atomic E-state index is 11.8. The lowest BCUT2D eigenvalue weighted by Crippen LogP contribution is -2.31. The van der Waals surface area contributed by atoms with E-state index < -0.39 is 0 Å². The second kappa shape index (κ2) is 6.81. The number of nitrogens with two attached hydrogens (primary N) is 1. The van der Waals surface area contributed by atoms with Gasteiger partial charge in [-0.05, 0) is 29.4 Å². The normalized spacial score (nSPS) is 20.6. The summed E-state index contributed by atoms with van der Waals surface area (Å²) in [6.07, 6.45) is 1.58. The van der Waals surface area contributed by atoms with Gasteiger partial charge in [-0.15, -0.1) is 0 Å². The maximum Gasteiger partial charge on any atom is 0.221 e. The highest BCUT2D eigenvalue weighted by Gasteiger charge is 2.17. The summed E-state index contributed by atoms with van der Waals surface area (Å²) in [6.45, 7) is 0.799. The summed E-state index contributed by atoms with van der Waals surface area (Å²) in [7, 11) is 0. The molecule has 2 unspecified atom stereocenters. The number of hydrogen-bond acceptors (Lipinski definition) is 3. The molecule has 1 fully saturated rings. The van der Waals surface area contributed by atoms with Crippen LogP contribution >= 0.6 is 11.8 Å². The van der Waals surface area contributed by atoms with Crippen molar-refractivity contribution in [3.8, 4) is 0 Å². The summed E-state index contributed by atoms with van der Waals surface area (Å²) in [5, 5.41) is 2.99. The number of thioether (sulfide) groups is 1. The van der Waals surface area contributed by atoms with E-state index in [0.717, 1.165) is 12.1 Å². The summed E-state index contributed by atoms with van der Waals surface area (Å²) in [4.78, 5) is 11.8. The van der Waals surface area contributed by atoms with Crippen LogP contribution in [0, 0.1) is 5.92 Å². The summed E-state index contributed by atoms with van der Waals surface area (Å²) in [5.41, 5.74) is 7.03. The Morgan fingerprint density at radius 1 is 1.44 bits per heavy atom. The van der Waals surface area contributed by atoms with Crippen molar-refractivity contribution >= 4 is 17.7 Å². The number of benzene rings is 1. The smallest absolute Gasteiger partial charge is 0.221 e. The minimum Gasteiger partial charge on any atom is -0.356 e. The molecule has 4 heteroatoms. The molecule has 0 aliphatic carbocycles. The molecule has 2 atom stereocenters. The van der Waals surface area contributed by atoms with E-state index in [9.17, 15) is 4.79 Å². The molecule has 0 aromatic heterocycles. The van der Waals surface area contributed by atoms with Crippen LogP contribution in [-0.4, -0.2) is 24.0 Å². The molecular weight excluding hydrogens is 244 g/mol. The average Bonchev–Trinajstić information content (AvgIpc) is 2.90. The van der Waals surface area contributed by atoms with Gasteiger partial charge in [0, 0.05) is 19.0 Å². The van der Waals surface area contributed by atoms with Gasteiger partial charge in [-0.3, -0.25) is 4.79 Å². The SMILES string of the molecule is NC(CC(=O)NCC1CCSC1)c1ccccc1. The number of rotatable bonds is 5. The quantitative estimate of drug-likeness (QED) is 0.854. The minimum absolute atomic E-state index is 0.0586. The van der Waals surface area contributed by atoms with Crippen LogP contribution in [-0.2, 0) is 4.79 Å². The lowest BCUT2D eigenvalue weighted by molar-refractivity contribution is -0.121. The molecule has 0 spiro atoms. The monoisotopic (exact) mass is 264 g/mol. The molecule has 1 aromatic carbocycles. The Bertz CT molecular complexity index is 377. The molecule has 98 valence electrons. The Morgan fingerprint density at radius 3 is 2.89 bits per heavy atom. The van der Waals surface area contributed by atoms with E-state index in [1.807, 2.05) is 42.1 Å². The second-order valence-corrected chi connectivity index (χ2v) is 5.90. The standard InChI is InChI=1S/C14H20N2OS/c15-13(12-4-2-1-3-5-12)8-14(17)16-9-11-6-7-18-10-11/h1-5,11,13H,6-10,15H2,(H,16,17). The molecule has 18 heavy (non-hydrogen) atoms. The molecular formula is C14H20N2OS. The number of hydrogen-bond donors (Lipinski definition) is 2. The largest absolute Gasteiger partial charge is 0.356 e. The summed E-state index contributed by atoms with van der Waals surface area (Å²) in [6, 6.07) is 9.57. The molecule has 1 aromatic rings. The van der Waals surface area contributed by atoms with E-state index in [-0.39, 0.29) is 11.9 Å². The zero-order valence-electron chi connectivity index (χ0n) is 10.5. The Kier molecular flexibility index (Phi) is 5.08. The first-order valence-corrected chi connectivity index (χ1v) is 7.56. The molecule has 3 N–H and O–H groups in total. The predicted octanol–water partition coefficient (Wildman–Crippen LogP) is 1.95. The summed E-state index contributed by atoms with van der Waals surface area (Å²) < 4.78 is 0. The molecule has 1 aliphatic rings. The fourth-order valence-electron chi connectivity index (χ4n) is 2.09. The zero-order chi connectivity index (χ0) is 12.8. The molecule has 0 bridgehead atoms. The molecule has 0 saturated carbocycles. The van der Waals surface area contributed by atoms with E-state index in [1.165, 1.54) is 17.9 Å². The number of carbonyl (C=O) groups is 1. The van der Waals surface area contributed by atoms with Crippen LogP contribution in [0.5, 0.6) is 0 Å². The first-order chi connectivity index (χ1) is 8.75. The third-order valence-electron chi connectivity index (χ3n) is 3.24. The van der Waals surface area contributed by atoms with Gasteiger partial charge in [0.1, 0.15) is 0 Å². The van der Waals surface area contributed by atoms with Gasteiger partial charge in [-0.1, -0.05) is 30.3 Å². The van der Waals surface area contributed by atoms with E-state index in [0.29, 0.717) is 12.3 Å². The van der Waals surface area contributed by atoms with E-state index in [2.05, 4.69) is 5.32 Å². The van der Waals surface area contributed by atoms with Gasteiger partial charge in [-0.2, -0.15) is 11.8 Å². The molecule has 1 heterocycles. The Hall–Kier alpha value is -1.00. The van der Waals surface area contributed by atoms with Gasteiger partial charge in [0.2, 0.25) is 5.91 Å². The van der Waals surface area contributed by atoms with Crippen LogP contribution in [0.4, 0.5) is 0 Å². The van der Waals surface area contributed by atoms with Crippen molar-refractivity contribution in [1.82, 2.24) is 5.32 Å². The van der Waals surface area contributed by atoms with Gasteiger partial charge >= 0.3 is 0 Å². The lowest BCUT2D eigenvalue weighted by atomic mass is 10.0.